The lowest BCUT2D eigenvalue weighted by Gasteiger charge is -2.21. The SMILES string of the molecule is Cc1nc(-c2ccccc2)sc1C(C)NC(=O)N(C)c1ccc(F)cc1. The van der Waals surface area contributed by atoms with Gasteiger partial charge in [-0.3, -0.25) is 4.90 Å². The van der Waals surface area contributed by atoms with Crippen molar-refractivity contribution >= 4 is 23.1 Å². The highest BCUT2D eigenvalue weighted by atomic mass is 32.1. The van der Waals surface area contributed by atoms with Crippen molar-refractivity contribution in [3.8, 4) is 10.6 Å². The summed E-state index contributed by atoms with van der Waals surface area (Å²) in [6.07, 6.45) is 0. The molecule has 0 spiro atoms. The van der Waals surface area contributed by atoms with Gasteiger partial charge in [0.05, 0.1) is 16.6 Å². The fourth-order valence-electron chi connectivity index (χ4n) is 2.64. The third kappa shape index (κ3) is 3.91. The Kier molecular flexibility index (Phi) is 5.32. The van der Waals surface area contributed by atoms with Gasteiger partial charge in [0, 0.05) is 18.3 Å². The van der Waals surface area contributed by atoms with Crippen LogP contribution >= 0.6 is 11.3 Å². The van der Waals surface area contributed by atoms with Crippen molar-refractivity contribution in [2.75, 3.05) is 11.9 Å². The average Bonchev–Trinajstić information content (AvgIpc) is 3.04. The van der Waals surface area contributed by atoms with E-state index in [1.54, 1.807) is 30.5 Å². The lowest BCUT2D eigenvalue weighted by Crippen LogP contribution is -2.38. The fraction of sp³-hybridized carbons (Fsp3) is 0.200. The molecule has 1 atom stereocenters. The summed E-state index contributed by atoms with van der Waals surface area (Å²) in [5.74, 6) is -0.329. The third-order valence-electron chi connectivity index (χ3n) is 4.11. The molecular formula is C20H20FN3OS. The van der Waals surface area contributed by atoms with Crippen molar-refractivity contribution < 1.29 is 9.18 Å². The van der Waals surface area contributed by atoms with E-state index in [-0.39, 0.29) is 17.9 Å². The van der Waals surface area contributed by atoms with Crippen LogP contribution in [0, 0.1) is 12.7 Å². The minimum atomic E-state index is -0.329. The van der Waals surface area contributed by atoms with Crippen molar-refractivity contribution in [1.29, 1.82) is 0 Å². The predicted molar refractivity (Wildman–Crippen MR) is 104 cm³/mol. The maximum atomic E-state index is 13.0. The predicted octanol–water partition coefficient (Wildman–Crippen LogP) is 5.16. The molecule has 3 aromatic rings. The molecule has 1 unspecified atom stereocenters. The van der Waals surface area contributed by atoms with Gasteiger partial charge in [0.15, 0.2) is 0 Å². The Morgan fingerprint density at radius 1 is 1.15 bits per heavy atom. The van der Waals surface area contributed by atoms with E-state index in [1.807, 2.05) is 44.2 Å². The molecule has 0 bridgehead atoms. The van der Waals surface area contributed by atoms with E-state index in [1.165, 1.54) is 17.0 Å². The molecule has 1 aromatic heterocycles. The zero-order valence-corrected chi connectivity index (χ0v) is 15.7. The molecule has 6 heteroatoms. The summed E-state index contributed by atoms with van der Waals surface area (Å²) in [4.78, 5) is 19.6. The van der Waals surface area contributed by atoms with Crippen molar-refractivity contribution in [2.45, 2.75) is 19.9 Å². The van der Waals surface area contributed by atoms with E-state index in [2.05, 4.69) is 10.3 Å². The number of anilines is 1. The maximum Gasteiger partial charge on any atom is 0.322 e. The van der Waals surface area contributed by atoms with Crippen LogP contribution in [-0.4, -0.2) is 18.1 Å². The van der Waals surface area contributed by atoms with Crippen LogP contribution in [0.15, 0.2) is 54.6 Å². The minimum absolute atomic E-state index is 0.180. The Morgan fingerprint density at radius 2 is 1.81 bits per heavy atom. The van der Waals surface area contributed by atoms with Crippen LogP contribution in [0.3, 0.4) is 0 Å². The van der Waals surface area contributed by atoms with Gasteiger partial charge < -0.3 is 5.32 Å². The number of carbonyl (C=O) groups is 1. The number of hydrogen-bond acceptors (Lipinski definition) is 3. The van der Waals surface area contributed by atoms with Gasteiger partial charge in [-0.15, -0.1) is 11.3 Å². The van der Waals surface area contributed by atoms with Crippen LogP contribution in [0.5, 0.6) is 0 Å². The van der Waals surface area contributed by atoms with Gasteiger partial charge >= 0.3 is 6.03 Å². The molecule has 0 aliphatic rings. The Balaban J connectivity index is 1.73. The molecule has 0 saturated carbocycles. The number of rotatable bonds is 4. The first-order valence-corrected chi connectivity index (χ1v) is 9.10. The Morgan fingerprint density at radius 3 is 2.46 bits per heavy atom. The third-order valence-corrected chi connectivity index (χ3v) is 5.49. The molecular weight excluding hydrogens is 349 g/mol. The van der Waals surface area contributed by atoms with Crippen LogP contribution in [0.1, 0.15) is 23.5 Å². The summed E-state index contributed by atoms with van der Waals surface area (Å²) in [6.45, 7) is 3.89. The van der Waals surface area contributed by atoms with E-state index in [0.717, 1.165) is 21.1 Å². The molecule has 0 radical (unpaired) electrons. The topological polar surface area (TPSA) is 45.2 Å². The normalized spacial score (nSPS) is 11.8. The summed E-state index contributed by atoms with van der Waals surface area (Å²) in [5.41, 5.74) is 2.60. The molecule has 1 N–H and O–H groups in total. The van der Waals surface area contributed by atoms with E-state index >= 15 is 0 Å². The van der Waals surface area contributed by atoms with Crippen LogP contribution in [0.2, 0.25) is 0 Å². The summed E-state index contributed by atoms with van der Waals surface area (Å²) >= 11 is 1.58. The monoisotopic (exact) mass is 369 g/mol. The standard InChI is InChI=1S/C20H20FN3OS/c1-13-18(26-19(22-13)15-7-5-4-6-8-15)14(2)23-20(25)24(3)17-11-9-16(21)10-12-17/h4-12,14H,1-3H3,(H,23,25). The van der Waals surface area contributed by atoms with Gasteiger partial charge in [-0.05, 0) is 38.1 Å². The summed E-state index contributed by atoms with van der Waals surface area (Å²) in [7, 11) is 1.66. The van der Waals surface area contributed by atoms with Crippen LogP contribution in [0.4, 0.5) is 14.9 Å². The molecule has 2 amide bonds. The molecule has 0 saturated heterocycles. The van der Waals surface area contributed by atoms with Crippen molar-refractivity contribution in [1.82, 2.24) is 10.3 Å². The van der Waals surface area contributed by atoms with Crippen molar-refractivity contribution in [3.63, 3.8) is 0 Å². The number of hydrogen-bond donors (Lipinski definition) is 1. The van der Waals surface area contributed by atoms with Gasteiger partial charge in [-0.1, -0.05) is 30.3 Å². The highest BCUT2D eigenvalue weighted by molar-refractivity contribution is 7.15. The number of urea groups is 1. The Labute approximate surface area is 156 Å². The van der Waals surface area contributed by atoms with Crippen molar-refractivity contribution in [3.05, 3.63) is 71.0 Å². The quantitative estimate of drug-likeness (QED) is 0.690. The molecule has 0 fully saturated rings. The molecule has 2 aromatic carbocycles. The fourth-order valence-corrected chi connectivity index (χ4v) is 3.72. The Hall–Kier alpha value is -2.73. The first-order valence-electron chi connectivity index (χ1n) is 8.28. The van der Waals surface area contributed by atoms with Crippen LogP contribution in [-0.2, 0) is 0 Å². The highest BCUT2D eigenvalue weighted by Crippen LogP contribution is 2.31. The second-order valence-corrected chi connectivity index (χ2v) is 7.07. The second kappa shape index (κ2) is 7.66. The number of nitrogens with one attached hydrogen (secondary N) is 1. The average molecular weight is 369 g/mol. The van der Waals surface area contributed by atoms with Gasteiger partial charge in [-0.25, -0.2) is 14.2 Å². The molecule has 4 nitrogen and oxygen atoms in total. The number of nitrogens with zero attached hydrogens (tertiary/aromatic N) is 2. The number of aromatic nitrogens is 1. The summed E-state index contributed by atoms with van der Waals surface area (Å²) in [6, 6.07) is 15.4. The number of amides is 2. The molecule has 1 heterocycles. The van der Waals surface area contributed by atoms with Crippen molar-refractivity contribution in [2.24, 2.45) is 0 Å². The molecule has 3 rings (SSSR count). The number of thiazole rings is 1. The lowest BCUT2D eigenvalue weighted by molar-refractivity contribution is 0.245. The minimum Gasteiger partial charge on any atom is -0.330 e. The second-order valence-electron chi connectivity index (χ2n) is 6.04. The molecule has 26 heavy (non-hydrogen) atoms. The van der Waals surface area contributed by atoms with E-state index in [4.69, 9.17) is 0 Å². The van der Waals surface area contributed by atoms with Gasteiger partial charge in [-0.2, -0.15) is 0 Å². The number of aryl methyl sites for hydroxylation is 1. The van der Waals surface area contributed by atoms with E-state index in [0.29, 0.717) is 5.69 Å². The van der Waals surface area contributed by atoms with Gasteiger partial charge in [0.25, 0.3) is 0 Å². The number of halogens is 1. The lowest BCUT2D eigenvalue weighted by atomic mass is 10.2. The number of carbonyl (C=O) groups excluding carboxylic acids is 1. The van der Waals surface area contributed by atoms with Crippen LogP contribution < -0.4 is 10.2 Å². The van der Waals surface area contributed by atoms with Gasteiger partial charge in [0.2, 0.25) is 0 Å². The molecule has 0 aliphatic carbocycles. The van der Waals surface area contributed by atoms with E-state index in [9.17, 15) is 9.18 Å². The maximum absolute atomic E-state index is 13.0. The van der Waals surface area contributed by atoms with E-state index < -0.39 is 0 Å². The molecule has 0 aliphatic heterocycles. The van der Waals surface area contributed by atoms with Gasteiger partial charge in [0.1, 0.15) is 10.8 Å². The first kappa shape index (κ1) is 18.1. The zero-order chi connectivity index (χ0) is 18.7. The van der Waals surface area contributed by atoms with Crippen LogP contribution in [0.25, 0.3) is 10.6 Å². The zero-order valence-electron chi connectivity index (χ0n) is 14.9. The number of benzene rings is 2. The highest BCUT2D eigenvalue weighted by Gasteiger charge is 2.19. The smallest absolute Gasteiger partial charge is 0.322 e. The largest absolute Gasteiger partial charge is 0.330 e. The summed E-state index contributed by atoms with van der Waals surface area (Å²) < 4.78 is 13.0. The molecule has 134 valence electrons. The summed E-state index contributed by atoms with van der Waals surface area (Å²) in [5, 5.41) is 3.91. The Bertz CT molecular complexity index is 893. The first-order chi connectivity index (χ1) is 12.5.